The van der Waals surface area contributed by atoms with Crippen LogP contribution in [0.5, 0.6) is 0 Å². The number of pyridine rings is 1. The molecule has 4 nitrogen and oxygen atoms in total. The molecule has 102 valence electrons. The number of carbonyl (C=O) groups excluding carboxylic acids is 1. The molecule has 0 spiro atoms. The number of carbonyl (C=O) groups is 1. The zero-order chi connectivity index (χ0) is 14.4. The minimum atomic E-state index is -0.283. The third-order valence-corrected chi connectivity index (χ3v) is 3.14. The number of urea groups is 1. The van der Waals surface area contributed by atoms with Crippen molar-refractivity contribution in [1.29, 1.82) is 0 Å². The van der Waals surface area contributed by atoms with Gasteiger partial charge in [-0.05, 0) is 40.9 Å². The first-order valence-corrected chi connectivity index (χ1v) is 6.88. The maximum Gasteiger partial charge on any atom is 0.316 e. The summed E-state index contributed by atoms with van der Waals surface area (Å²) in [5.74, 6) is 2.75. The van der Waals surface area contributed by atoms with Gasteiger partial charge in [0.2, 0.25) is 0 Å². The van der Waals surface area contributed by atoms with Gasteiger partial charge in [0.15, 0.2) is 0 Å². The predicted octanol–water partition coefficient (Wildman–Crippen LogP) is 2.86. The van der Waals surface area contributed by atoms with E-state index in [2.05, 4.69) is 37.5 Å². The second kappa shape index (κ2) is 7.15. The molecule has 1 aromatic rings. The van der Waals surface area contributed by atoms with Crippen molar-refractivity contribution in [2.24, 2.45) is 5.92 Å². The fourth-order valence-electron chi connectivity index (χ4n) is 1.50. The highest BCUT2D eigenvalue weighted by molar-refractivity contribution is 9.10. The van der Waals surface area contributed by atoms with Gasteiger partial charge in [-0.2, -0.15) is 0 Å². The van der Waals surface area contributed by atoms with E-state index in [9.17, 15) is 4.79 Å². The topological polar surface area (TPSA) is 54.0 Å². The number of hydrogen-bond acceptors (Lipinski definition) is 2. The molecule has 0 bridgehead atoms. The number of halogens is 1. The van der Waals surface area contributed by atoms with Gasteiger partial charge in [0.1, 0.15) is 0 Å². The first-order chi connectivity index (χ1) is 8.93. The van der Waals surface area contributed by atoms with Gasteiger partial charge in [-0.25, -0.2) is 4.79 Å². The Morgan fingerprint density at radius 2 is 2.05 bits per heavy atom. The van der Waals surface area contributed by atoms with Crippen molar-refractivity contribution in [2.75, 3.05) is 0 Å². The zero-order valence-electron chi connectivity index (χ0n) is 11.3. The summed E-state index contributed by atoms with van der Waals surface area (Å²) in [7, 11) is 0. The Labute approximate surface area is 122 Å². The molecule has 5 heteroatoms. The van der Waals surface area contributed by atoms with Crippen molar-refractivity contribution < 1.29 is 4.79 Å². The standard InChI is InChI=1S/C14H18BrN3O/c1-5-12(9(2)3)18-14(19)17-10(4)13-7-6-11(15)8-16-13/h1,6-10,12H,2-4H3,(H2,17,18,19). The molecule has 1 rings (SSSR count). The largest absolute Gasteiger partial charge is 0.330 e. The molecule has 1 heterocycles. The van der Waals surface area contributed by atoms with Crippen molar-refractivity contribution in [3.8, 4) is 12.3 Å². The lowest BCUT2D eigenvalue weighted by Crippen LogP contribution is -2.44. The summed E-state index contributed by atoms with van der Waals surface area (Å²) in [6.07, 6.45) is 7.07. The Bertz CT molecular complexity index is 465. The number of nitrogens with one attached hydrogen (secondary N) is 2. The van der Waals surface area contributed by atoms with E-state index in [-0.39, 0.29) is 24.0 Å². The predicted molar refractivity (Wildman–Crippen MR) is 79.5 cm³/mol. The van der Waals surface area contributed by atoms with Crippen LogP contribution in [0.25, 0.3) is 0 Å². The van der Waals surface area contributed by atoms with Crippen molar-refractivity contribution >= 4 is 22.0 Å². The van der Waals surface area contributed by atoms with Gasteiger partial charge in [0.25, 0.3) is 0 Å². The summed E-state index contributed by atoms with van der Waals surface area (Å²) in [6.45, 7) is 5.80. The van der Waals surface area contributed by atoms with Crippen LogP contribution in [0, 0.1) is 18.3 Å². The van der Waals surface area contributed by atoms with Crippen molar-refractivity contribution in [2.45, 2.75) is 32.9 Å². The highest BCUT2D eigenvalue weighted by Gasteiger charge is 2.15. The Kier molecular flexibility index (Phi) is 5.84. The van der Waals surface area contributed by atoms with Crippen LogP contribution in [0.15, 0.2) is 22.8 Å². The lowest BCUT2D eigenvalue weighted by Gasteiger charge is -2.19. The summed E-state index contributed by atoms with van der Waals surface area (Å²) in [5.41, 5.74) is 0.792. The zero-order valence-corrected chi connectivity index (χ0v) is 12.9. The first-order valence-electron chi connectivity index (χ1n) is 6.08. The molecule has 19 heavy (non-hydrogen) atoms. The molecule has 0 saturated carbocycles. The number of aromatic nitrogens is 1. The maximum absolute atomic E-state index is 11.8. The average molecular weight is 324 g/mol. The highest BCUT2D eigenvalue weighted by Crippen LogP contribution is 2.13. The van der Waals surface area contributed by atoms with Crippen LogP contribution in [0.3, 0.4) is 0 Å². The Morgan fingerprint density at radius 3 is 2.53 bits per heavy atom. The van der Waals surface area contributed by atoms with E-state index in [1.807, 2.05) is 32.9 Å². The van der Waals surface area contributed by atoms with Gasteiger partial charge in [0, 0.05) is 10.7 Å². The molecule has 0 radical (unpaired) electrons. The van der Waals surface area contributed by atoms with E-state index in [0.29, 0.717) is 0 Å². The van der Waals surface area contributed by atoms with Crippen LogP contribution in [0.1, 0.15) is 32.5 Å². The van der Waals surface area contributed by atoms with Crippen LogP contribution < -0.4 is 10.6 Å². The molecule has 0 aliphatic heterocycles. The van der Waals surface area contributed by atoms with Gasteiger partial charge in [-0.1, -0.05) is 19.8 Å². The fourth-order valence-corrected chi connectivity index (χ4v) is 1.73. The Hall–Kier alpha value is -1.54. The smallest absolute Gasteiger partial charge is 0.316 e. The van der Waals surface area contributed by atoms with E-state index in [4.69, 9.17) is 6.42 Å². The monoisotopic (exact) mass is 323 g/mol. The molecule has 2 N–H and O–H groups in total. The van der Waals surface area contributed by atoms with Crippen LogP contribution in [-0.4, -0.2) is 17.1 Å². The second-order valence-corrected chi connectivity index (χ2v) is 5.54. The van der Waals surface area contributed by atoms with Crippen LogP contribution >= 0.6 is 15.9 Å². The van der Waals surface area contributed by atoms with Gasteiger partial charge >= 0.3 is 6.03 Å². The first kappa shape index (κ1) is 15.5. The van der Waals surface area contributed by atoms with Crippen LogP contribution in [0.2, 0.25) is 0 Å². The van der Waals surface area contributed by atoms with Crippen molar-refractivity contribution in [3.05, 3.63) is 28.5 Å². The lowest BCUT2D eigenvalue weighted by molar-refractivity contribution is 0.233. The molecule has 1 aromatic heterocycles. The minimum absolute atomic E-state index is 0.182. The molecule has 2 amide bonds. The lowest BCUT2D eigenvalue weighted by atomic mass is 10.1. The second-order valence-electron chi connectivity index (χ2n) is 4.63. The van der Waals surface area contributed by atoms with Gasteiger partial charge in [-0.3, -0.25) is 4.98 Å². The third-order valence-electron chi connectivity index (χ3n) is 2.67. The normalized spacial score (nSPS) is 13.5. The van der Waals surface area contributed by atoms with Crippen molar-refractivity contribution in [3.63, 3.8) is 0 Å². The molecular weight excluding hydrogens is 306 g/mol. The number of terminal acetylenes is 1. The molecule has 2 unspecified atom stereocenters. The van der Waals surface area contributed by atoms with Crippen LogP contribution in [-0.2, 0) is 0 Å². The summed E-state index contributed by atoms with van der Waals surface area (Å²) >= 11 is 3.32. The quantitative estimate of drug-likeness (QED) is 0.837. The van der Waals surface area contributed by atoms with Crippen LogP contribution in [0.4, 0.5) is 4.79 Å². The SMILES string of the molecule is C#CC(NC(=O)NC(C)c1ccc(Br)cn1)C(C)C. The molecule has 0 saturated heterocycles. The van der Waals surface area contributed by atoms with E-state index >= 15 is 0 Å². The van der Waals surface area contributed by atoms with Gasteiger partial charge in [-0.15, -0.1) is 6.42 Å². The number of nitrogens with zero attached hydrogens (tertiary/aromatic N) is 1. The molecule has 0 aliphatic carbocycles. The Balaban J connectivity index is 2.57. The maximum atomic E-state index is 11.8. The number of hydrogen-bond donors (Lipinski definition) is 2. The number of rotatable bonds is 4. The van der Waals surface area contributed by atoms with Gasteiger partial charge < -0.3 is 10.6 Å². The molecule has 2 atom stereocenters. The van der Waals surface area contributed by atoms with Gasteiger partial charge in [0.05, 0.1) is 17.8 Å². The van der Waals surface area contributed by atoms with Crippen molar-refractivity contribution in [1.82, 2.24) is 15.6 Å². The average Bonchev–Trinajstić information content (AvgIpc) is 2.36. The molecule has 0 aromatic carbocycles. The van der Waals surface area contributed by atoms with E-state index in [1.54, 1.807) is 6.20 Å². The third kappa shape index (κ3) is 4.92. The summed E-state index contributed by atoms with van der Waals surface area (Å²) in [6, 6.07) is 3.00. The fraction of sp³-hybridized carbons (Fsp3) is 0.429. The highest BCUT2D eigenvalue weighted by atomic mass is 79.9. The Morgan fingerprint density at radius 1 is 1.37 bits per heavy atom. The summed E-state index contributed by atoms with van der Waals surface area (Å²) < 4.78 is 0.903. The van der Waals surface area contributed by atoms with E-state index in [1.165, 1.54) is 0 Å². The van der Waals surface area contributed by atoms with E-state index < -0.39 is 0 Å². The molecular formula is C14H18BrN3O. The number of amides is 2. The molecule has 0 fully saturated rings. The van der Waals surface area contributed by atoms with E-state index in [0.717, 1.165) is 10.2 Å². The minimum Gasteiger partial charge on any atom is -0.330 e. The molecule has 0 aliphatic rings. The summed E-state index contributed by atoms with van der Waals surface area (Å²) in [4.78, 5) is 16.0. The summed E-state index contributed by atoms with van der Waals surface area (Å²) in [5, 5.41) is 5.57.